The Balaban J connectivity index is 2.11. The number of carbonyl (C=O) groups excluding carboxylic acids is 1. The van der Waals surface area contributed by atoms with Gasteiger partial charge in [0.25, 0.3) is 5.91 Å². The fraction of sp³-hybridized carbons (Fsp3) is 0.923. The molecule has 0 saturated carbocycles. The summed E-state index contributed by atoms with van der Waals surface area (Å²) in [5, 5.41) is 3.32. The second-order valence-electron chi connectivity index (χ2n) is 4.91. The van der Waals surface area contributed by atoms with Gasteiger partial charge >= 0.3 is 0 Å². The van der Waals surface area contributed by atoms with E-state index in [1.165, 1.54) is 0 Å². The monoisotopic (exact) mass is 258 g/mol. The van der Waals surface area contributed by atoms with Gasteiger partial charge in [0.1, 0.15) is 6.10 Å². The Hall–Kier alpha value is -0.650. The van der Waals surface area contributed by atoms with Gasteiger partial charge in [0.15, 0.2) is 0 Å². The lowest BCUT2D eigenvalue weighted by Gasteiger charge is -2.29. The highest BCUT2D eigenvalue weighted by Crippen LogP contribution is 2.03. The molecule has 1 heterocycles. The topological polar surface area (TPSA) is 50.8 Å². The van der Waals surface area contributed by atoms with E-state index in [1.54, 1.807) is 0 Å². The summed E-state index contributed by atoms with van der Waals surface area (Å²) in [6.07, 6.45) is 0.584. The van der Waals surface area contributed by atoms with Gasteiger partial charge in [-0.1, -0.05) is 13.8 Å². The lowest BCUT2D eigenvalue weighted by molar-refractivity contribution is -0.146. The fourth-order valence-corrected chi connectivity index (χ4v) is 1.84. The number of ether oxygens (including phenoxy) is 2. The van der Waals surface area contributed by atoms with E-state index in [4.69, 9.17) is 9.47 Å². The summed E-state index contributed by atoms with van der Waals surface area (Å²) in [7, 11) is 0. The molecule has 0 aromatic rings. The van der Waals surface area contributed by atoms with Gasteiger partial charge in [-0.05, 0) is 19.9 Å². The molecule has 0 aromatic carbocycles. The molecule has 1 unspecified atom stereocenters. The van der Waals surface area contributed by atoms with Crippen LogP contribution in [0, 0.1) is 0 Å². The molecular weight excluding hydrogens is 232 g/mol. The van der Waals surface area contributed by atoms with Gasteiger partial charge < -0.3 is 19.7 Å². The summed E-state index contributed by atoms with van der Waals surface area (Å²) >= 11 is 0. The zero-order chi connectivity index (χ0) is 13.4. The molecule has 106 valence electrons. The van der Waals surface area contributed by atoms with E-state index >= 15 is 0 Å². The molecule has 0 aromatic heterocycles. The van der Waals surface area contributed by atoms with Crippen LogP contribution in [0.5, 0.6) is 0 Å². The van der Waals surface area contributed by atoms with Crippen molar-refractivity contribution in [3.8, 4) is 0 Å². The zero-order valence-corrected chi connectivity index (χ0v) is 11.8. The lowest BCUT2D eigenvalue weighted by atomic mass is 10.3. The zero-order valence-electron chi connectivity index (χ0n) is 11.8. The van der Waals surface area contributed by atoms with Crippen LogP contribution < -0.4 is 5.32 Å². The number of amides is 1. The van der Waals surface area contributed by atoms with Crippen molar-refractivity contribution in [2.45, 2.75) is 39.3 Å². The van der Waals surface area contributed by atoms with Gasteiger partial charge in [-0.15, -0.1) is 0 Å². The van der Waals surface area contributed by atoms with Crippen LogP contribution >= 0.6 is 0 Å². The van der Waals surface area contributed by atoms with Crippen LogP contribution in [-0.2, 0) is 14.3 Å². The maximum absolute atomic E-state index is 12.0. The highest BCUT2D eigenvalue weighted by molar-refractivity contribution is 5.80. The van der Waals surface area contributed by atoms with Crippen LogP contribution in [0.2, 0.25) is 0 Å². The van der Waals surface area contributed by atoms with Gasteiger partial charge in [-0.2, -0.15) is 0 Å². The largest absolute Gasteiger partial charge is 0.378 e. The number of rotatable bonds is 7. The Labute approximate surface area is 110 Å². The third kappa shape index (κ3) is 5.80. The van der Waals surface area contributed by atoms with Crippen molar-refractivity contribution in [2.24, 2.45) is 0 Å². The van der Waals surface area contributed by atoms with Gasteiger partial charge in [0, 0.05) is 25.7 Å². The first-order chi connectivity index (χ1) is 8.61. The Morgan fingerprint density at radius 2 is 2.00 bits per heavy atom. The van der Waals surface area contributed by atoms with E-state index < -0.39 is 0 Å². The number of carbonyl (C=O) groups is 1. The first kappa shape index (κ1) is 15.4. The summed E-state index contributed by atoms with van der Waals surface area (Å²) in [6.45, 7) is 10.2. The van der Waals surface area contributed by atoms with Crippen LogP contribution in [-0.4, -0.2) is 62.4 Å². The molecule has 1 saturated heterocycles. The summed E-state index contributed by atoms with van der Waals surface area (Å²) in [5.41, 5.74) is 0. The maximum Gasteiger partial charge on any atom is 0.251 e. The Bertz CT molecular complexity index is 240. The number of nitrogens with zero attached hydrogens (tertiary/aromatic N) is 1. The minimum atomic E-state index is -0.345. The molecule has 0 aliphatic carbocycles. The summed E-state index contributed by atoms with van der Waals surface area (Å²) in [6, 6.07) is 0.498. The molecule has 1 rings (SSSR count). The lowest BCUT2D eigenvalue weighted by Crippen LogP contribution is -2.45. The van der Waals surface area contributed by atoms with Crippen molar-refractivity contribution in [3.05, 3.63) is 0 Å². The number of hydrogen-bond donors (Lipinski definition) is 1. The van der Waals surface area contributed by atoms with Crippen molar-refractivity contribution in [3.63, 3.8) is 0 Å². The fourth-order valence-electron chi connectivity index (χ4n) is 1.84. The van der Waals surface area contributed by atoms with Crippen LogP contribution in [0.4, 0.5) is 0 Å². The Morgan fingerprint density at radius 3 is 2.61 bits per heavy atom. The minimum Gasteiger partial charge on any atom is -0.378 e. The van der Waals surface area contributed by atoms with Crippen molar-refractivity contribution in [1.29, 1.82) is 0 Å². The van der Waals surface area contributed by atoms with Crippen LogP contribution in [0.15, 0.2) is 0 Å². The van der Waals surface area contributed by atoms with Crippen molar-refractivity contribution in [1.82, 2.24) is 10.2 Å². The van der Waals surface area contributed by atoms with E-state index in [-0.39, 0.29) is 12.0 Å². The first-order valence-electron chi connectivity index (χ1n) is 6.82. The van der Waals surface area contributed by atoms with E-state index in [9.17, 15) is 4.79 Å². The van der Waals surface area contributed by atoms with E-state index in [1.807, 2.05) is 11.8 Å². The average Bonchev–Trinajstić information content (AvgIpc) is 2.38. The third-order valence-corrected chi connectivity index (χ3v) is 2.91. The van der Waals surface area contributed by atoms with Crippen LogP contribution in [0.1, 0.15) is 27.2 Å². The molecule has 1 aliphatic rings. The molecular formula is C13H26N2O3. The third-order valence-electron chi connectivity index (χ3n) is 2.91. The van der Waals surface area contributed by atoms with Gasteiger partial charge in [-0.3, -0.25) is 4.79 Å². The number of nitrogens with one attached hydrogen (secondary N) is 1. The van der Waals surface area contributed by atoms with Crippen molar-refractivity contribution >= 4 is 5.91 Å². The molecule has 0 spiro atoms. The standard InChI is InChI=1S/C13H26N2O3/c1-11(2)14-5-4-8-18-12(3)13(16)15-6-9-17-10-7-15/h11-12,14H,4-10H2,1-3H3. The average molecular weight is 258 g/mol. The summed E-state index contributed by atoms with van der Waals surface area (Å²) in [4.78, 5) is 13.8. The molecule has 1 atom stereocenters. The highest BCUT2D eigenvalue weighted by Gasteiger charge is 2.22. The Morgan fingerprint density at radius 1 is 1.33 bits per heavy atom. The molecule has 1 N–H and O–H groups in total. The molecule has 1 amide bonds. The highest BCUT2D eigenvalue weighted by atomic mass is 16.5. The van der Waals surface area contributed by atoms with Crippen molar-refractivity contribution < 1.29 is 14.3 Å². The van der Waals surface area contributed by atoms with Gasteiger partial charge in [0.05, 0.1) is 13.2 Å². The van der Waals surface area contributed by atoms with Crippen molar-refractivity contribution in [2.75, 3.05) is 39.5 Å². The predicted octanol–water partition coefficient (Wildman–Crippen LogP) is 0.638. The minimum absolute atomic E-state index is 0.0788. The maximum atomic E-state index is 12.0. The molecule has 1 aliphatic heterocycles. The smallest absolute Gasteiger partial charge is 0.251 e. The van der Waals surface area contributed by atoms with E-state index in [0.717, 1.165) is 13.0 Å². The predicted molar refractivity (Wildman–Crippen MR) is 70.6 cm³/mol. The van der Waals surface area contributed by atoms with Gasteiger partial charge in [-0.25, -0.2) is 0 Å². The van der Waals surface area contributed by atoms with Crippen LogP contribution in [0.3, 0.4) is 0 Å². The summed E-state index contributed by atoms with van der Waals surface area (Å²) < 4.78 is 10.8. The Kier molecular flexibility index (Phi) is 7.23. The van der Waals surface area contributed by atoms with E-state index in [2.05, 4.69) is 19.2 Å². The second kappa shape index (κ2) is 8.45. The number of morpholine rings is 1. The molecule has 1 fully saturated rings. The first-order valence-corrected chi connectivity index (χ1v) is 6.82. The van der Waals surface area contributed by atoms with E-state index in [0.29, 0.717) is 39.0 Å². The summed E-state index contributed by atoms with van der Waals surface area (Å²) in [5.74, 6) is 0.0788. The quantitative estimate of drug-likeness (QED) is 0.681. The molecule has 0 bridgehead atoms. The molecule has 5 heteroatoms. The normalized spacial score (nSPS) is 18.1. The number of hydrogen-bond acceptors (Lipinski definition) is 4. The van der Waals surface area contributed by atoms with Gasteiger partial charge in [0.2, 0.25) is 0 Å². The SMILES string of the molecule is CC(C)NCCCOC(C)C(=O)N1CCOCC1. The molecule has 5 nitrogen and oxygen atoms in total. The van der Waals surface area contributed by atoms with Crippen LogP contribution in [0.25, 0.3) is 0 Å². The molecule has 0 radical (unpaired) electrons. The second-order valence-corrected chi connectivity index (χ2v) is 4.91. The molecule has 18 heavy (non-hydrogen) atoms.